The third-order valence-electron chi connectivity index (χ3n) is 4.38. The highest BCUT2D eigenvalue weighted by Crippen LogP contribution is 2.31. The van der Waals surface area contributed by atoms with Crippen molar-refractivity contribution in [2.24, 2.45) is 11.8 Å². The standard InChI is InChI=1S/C14H28N2/c1-3-14-11-16(8-4-7-15-14)10-13-6-5-12(2)9-13/h12-15H,3-11H2,1-2H3. The van der Waals surface area contributed by atoms with Crippen molar-refractivity contribution in [3.63, 3.8) is 0 Å². The summed E-state index contributed by atoms with van der Waals surface area (Å²) in [4.78, 5) is 2.72. The number of hydrogen-bond acceptors (Lipinski definition) is 2. The lowest BCUT2D eigenvalue weighted by Crippen LogP contribution is -2.38. The number of nitrogens with one attached hydrogen (secondary N) is 1. The first-order valence-electron chi connectivity index (χ1n) is 7.23. The topological polar surface area (TPSA) is 15.3 Å². The van der Waals surface area contributed by atoms with Gasteiger partial charge in [-0.2, -0.15) is 0 Å². The van der Waals surface area contributed by atoms with Gasteiger partial charge in [0, 0.05) is 19.1 Å². The second-order valence-electron chi connectivity index (χ2n) is 5.96. The van der Waals surface area contributed by atoms with Crippen LogP contribution in [0.15, 0.2) is 0 Å². The Kier molecular flexibility index (Phi) is 4.66. The molecular weight excluding hydrogens is 196 g/mol. The van der Waals surface area contributed by atoms with Gasteiger partial charge in [0.05, 0.1) is 0 Å². The molecule has 1 heterocycles. The second-order valence-corrected chi connectivity index (χ2v) is 5.96. The average Bonchev–Trinajstić information content (AvgIpc) is 2.55. The number of nitrogens with zero attached hydrogens (tertiary/aromatic N) is 1. The Bertz CT molecular complexity index is 205. The Morgan fingerprint density at radius 2 is 2.19 bits per heavy atom. The Labute approximate surface area is 101 Å². The normalized spacial score (nSPS) is 37.5. The summed E-state index contributed by atoms with van der Waals surface area (Å²) in [5.41, 5.74) is 0. The Hall–Kier alpha value is -0.0800. The molecule has 16 heavy (non-hydrogen) atoms. The van der Waals surface area contributed by atoms with Gasteiger partial charge in [0.1, 0.15) is 0 Å². The van der Waals surface area contributed by atoms with Gasteiger partial charge in [0.15, 0.2) is 0 Å². The van der Waals surface area contributed by atoms with E-state index >= 15 is 0 Å². The lowest BCUT2D eigenvalue weighted by molar-refractivity contribution is 0.224. The molecule has 0 spiro atoms. The zero-order valence-electron chi connectivity index (χ0n) is 11.0. The van der Waals surface area contributed by atoms with Crippen LogP contribution in [0.4, 0.5) is 0 Å². The molecule has 1 aliphatic carbocycles. The van der Waals surface area contributed by atoms with E-state index in [0.29, 0.717) is 0 Å². The highest BCUT2D eigenvalue weighted by molar-refractivity contribution is 4.80. The highest BCUT2D eigenvalue weighted by atomic mass is 15.2. The van der Waals surface area contributed by atoms with Crippen LogP contribution in [-0.2, 0) is 0 Å². The van der Waals surface area contributed by atoms with Gasteiger partial charge in [-0.15, -0.1) is 0 Å². The summed E-state index contributed by atoms with van der Waals surface area (Å²) in [5, 5.41) is 3.65. The summed E-state index contributed by atoms with van der Waals surface area (Å²) >= 11 is 0. The minimum Gasteiger partial charge on any atom is -0.313 e. The Morgan fingerprint density at radius 3 is 2.88 bits per heavy atom. The van der Waals surface area contributed by atoms with E-state index in [2.05, 4.69) is 24.1 Å². The molecule has 0 radical (unpaired) electrons. The zero-order chi connectivity index (χ0) is 11.4. The van der Waals surface area contributed by atoms with Gasteiger partial charge in [-0.1, -0.05) is 20.3 Å². The highest BCUT2D eigenvalue weighted by Gasteiger charge is 2.25. The maximum absolute atomic E-state index is 3.65. The van der Waals surface area contributed by atoms with E-state index in [9.17, 15) is 0 Å². The van der Waals surface area contributed by atoms with Crippen molar-refractivity contribution in [1.82, 2.24) is 10.2 Å². The Balaban J connectivity index is 1.78. The van der Waals surface area contributed by atoms with Crippen molar-refractivity contribution < 1.29 is 0 Å². The monoisotopic (exact) mass is 224 g/mol. The Morgan fingerprint density at radius 1 is 1.31 bits per heavy atom. The molecule has 0 amide bonds. The van der Waals surface area contributed by atoms with Crippen LogP contribution in [-0.4, -0.2) is 37.1 Å². The molecule has 0 bridgehead atoms. The zero-order valence-corrected chi connectivity index (χ0v) is 11.0. The van der Waals surface area contributed by atoms with E-state index in [0.717, 1.165) is 17.9 Å². The first-order valence-corrected chi connectivity index (χ1v) is 7.23. The van der Waals surface area contributed by atoms with Gasteiger partial charge in [-0.25, -0.2) is 0 Å². The van der Waals surface area contributed by atoms with Crippen molar-refractivity contribution in [3.05, 3.63) is 0 Å². The fourth-order valence-electron chi connectivity index (χ4n) is 3.37. The molecule has 2 fully saturated rings. The molecule has 2 aliphatic rings. The average molecular weight is 224 g/mol. The first kappa shape index (κ1) is 12.4. The van der Waals surface area contributed by atoms with E-state index in [1.165, 1.54) is 58.3 Å². The minimum absolute atomic E-state index is 0.737. The van der Waals surface area contributed by atoms with Crippen molar-refractivity contribution >= 4 is 0 Å². The largest absolute Gasteiger partial charge is 0.313 e. The first-order chi connectivity index (χ1) is 7.78. The smallest absolute Gasteiger partial charge is 0.0192 e. The van der Waals surface area contributed by atoms with E-state index in [4.69, 9.17) is 0 Å². The molecule has 2 rings (SSSR count). The van der Waals surface area contributed by atoms with Crippen LogP contribution < -0.4 is 5.32 Å². The van der Waals surface area contributed by atoms with Gasteiger partial charge < -0.3 is 10.2 Å². The predicted molar refractivity (Wildman–Crippen MR) is 69.6 cm³/mol. The summed E-state index contributed by atoms with van der Waals surface area (Å²) in [7, 11) is 0. The van der Waals surface area contributed by atoms with E-state index in [1.54, 1.807) is 0 Å². The second kappa shape index (κ2) is 6.02. The molecule has 2 nitrogen and oxygen atoms in total. The van der Waals surface area contributed by atoms with E-state index in [1.807, 2.05) is 0 Å². The van der Waals surface area contributed by atoms with Gasteiger partial charge >= 0.3 is 0 Å². The molecule has 0 aromatic carbocycles. The number of hydrogen-bond donors (Lipinski definition) is 1. The summed E-state index contributed by atoms with van der Waals surface area (Å²) < 4.78 is 0. The van der Waals surface area contributed by atoms with Crippen LogP contribution >= 0.6 is 0 Å². The fraction of sp³-hybridized carbons (Fsp3) is 1.00. The van der Waals surface area contributed by atoms with Gasteiger partial charge in [-0.3, -0.25) is 0 Å². The molecule has 0 aromatic heterocycles. The summed E-state index contributed by atoms with van der Waals surface area (Å²) in [6, 6.07) is 0.737. The molecule has 3 atom stereocenters. The maximum atomic E-state index is 3.65. The fourth-order valence-corrected chi connectivity index (χ4v) is 3.37. The minimum atomic E-state index is 0.737. The lowest BCUT2D eigenvalue weighted by atomic mass is 10.1. The summed E-state index contributed by atoms with van der Waals surface area (Å²) in [5.74, 6) is 1.97. The predicted octanol–water partition coefficient (Wildman–Crippen LogP) is 2.50. The third kappa shape index (κ3) is 3.46. The molecular formula is C14H28N2. The van der Waals surface area contributed by atoms with Crippen LogP contribution in [0.1, 0.15) is 46.0 Å². The van der Waals surface area contributed by atoms with Crippen molar-refractivity contribution in [1.29, 1.82) is 0 Å². The summed E-state index contributed by atoms with van der Waals surface area (Å²) in [6.45, 7) is 9.89. The van der Waals surface area contributed by atoms with Crippen molar-refractivity contribution in [2.45, 2.75) is 52.0 Å². The van der Waals surface area contributed by atoms with Crippen molar-refractivity contribution in [2.75, 3.05) is 26.2 Å². The van der Waals surface area contributed by atoms with Gasteiger partial charge in [0.25, 0.3) is 0 Å². The molecule has 1 N–H and O–H groups in total. The summed E-state index contributed by atoms with van der Waals surface area (Å²) in [6.07, 6.45) is 7.02. The van der Waals surface area contributed by atoms with Crippen LogP contribution in [0.5, 0.6) is 0 Å². The molecule has 94 valence electrons. The van der Waals surface area contributed by atoms with E-state index < -0.39 is 0 Å². The molecule has 0 aromatic rings. The molecule has 3 unspecified atom stereocenters. The van der Waals surface area contributed by atoms with Crippen LogP contribution in [0.2, 0.25) is 0 Å². The SMILES string of the molecule is CCC1CN(CC2CCC(C)C2)CCCN1. The quantitative estimate of drug-likeness (QED) is 0.792. The third-order valence-corrected chi connectivity index (χ3v) is 4.38. The lowest BCUT2D eigenvalue weighted by Gasteiger charge is -2.26. The molecule has 2 heteroatoms. The van der Waals surface area contributed by atoms with Crippen LogP contribution in [0.3, 0.4) is 0 Å². The van der Waals surface area contributed by atoms with Crippen molar-refractivity contribution in [3.8, 4) is 0 Å². The number of rotatable bonds is 3. The molecule has 1 saturated heterocycles. The molecule has 1 saturated carbocycles. The van der Waals surface area contributed by atoms with Crippen LogP contribution in [0, 0.1) is 11.8 Å². The van der Waals surface area contributed by atoms with Gasteiger partial charge in [0.2, 0.25) is 0 Å². The van der Waals surface area contributed by atoms with E-state index in [-0.39, 0.29) is 0 Å². The van der Waals surface area contributed by atoms with Crippen LogP contribution in [0.25, 0.3) is 0 Å². The maximum Gasteiger partial charge on any atom is 0.0192 e. The molecule has 1 aliphatic heterocycles. The van der Waals surface area contributed by atoms with Gasteiger partial charge in [-0.05, 0) is 50.6 Å².